The molecule has 1 heterocycles. The van der Waals surface area contributed by atoms with Crippen molar-refractivity contribution < 1.29 is 22.7 Å². The van der Waals surface area contributed by atoms with Gasteiger partial charge in [-0.05, 0) is 38.5 Å². The number of carbonyl (C=O) groups excluding carboxylic acids is 1. The van der Waals surface area contributed by atoms with E-state index in [0.717, 1.165) is 25.7 Å². The lowest BCUT2D eigenvalue weighted by Crippen LogP contribution is -2.40. The summed E-state index contributed by atoms with van der Waals surface area (Å²) in [4.78, 5) is 12.5. The van der Waals surface area contributed by atoms with Crippen LogP contribution in [0.1, 0.15) is 59.3 Å². The first-order valence-corrected chi connectivity index (χ1v) is 12.0. The van der Waals surface area contributed by atoms with Crippen LogP contribution in [-0.2, 0) is 19.6 Å². The predicted octanol–water partition coefficient (Wildman–Crippen LogP) is 3.79. The number of morpholine rings is 1. The van der Waals surface area contributed by atoms with Gasteiger partial charge in [-0.1, -0.05) is 32.6 Å². The molecule has 0 atom stereocenters. The Bertz CT molecular complexity index is 758. The van der Waals surface area contributed by atoms with Crippen LogP contribution in [-0.4, -0.2) is 51.0 Å². The highest BCUT2D eigenvalue weighted by atomic mass is 32.2. The number of hydrogen-bond acceptors (Lipinski definition) is 5. The number of carbonyl (C=O) groups is 1. The number of anilines is 1. The molecule has 1 amide bonds. The monoisotopic (exact) mass is 426 g/mol. The van der Waals surface area contributed by atoms with Gasteiger partial charge in [-0.2, -0.15) is 4.31 Å². The molecule has 164 valence electrons. The van der Waals surface area contributed by atoms with Crippen LogP contribution in [0.4, 0.5) is 5.69 Å². The molecule has 0 saturated carbocycles. The van der Waals surface area contributed by atoms with Gasteiger partial charge in [-0.3, -0.25) is 4.79 Å². The number of nitrogens with zero attached hydrogens (tertiary/aromatic N) is 1. The highest BCUT2D eigenvalue weighted by Gasteiger charge is 2.27. The fourth-order valence-electron chi connectivity index (χ4n) is 3.16. The zero-order chi connectivity index (χ0) is 21.3. The second-order valence-corrected chi connectivity index (χ2v) is 9.49. The van der Waals surface area contributed by atoms with E-state index in [4.69, 9.17) is 9.47 Å². The highest BCUT2D eigenvalue weighted by Crippen LogP contribution is 2.30. The molecule has 1 aromatic carbocycles. The number of rotatable bonds is 11. The lowest BCUT2D eigenvalue weighted by Gasteiger charge is -2.26. The SMILES string of the molecule is CCCCCCCC(=O)Nc1cc(S(=O)(=O)N2CCOCC2)ccc1OC(C)C. The fraction of sp³-hybridized carbons (Fsp3) is 0.667. The Hall–Kier alpha value is -1.64. The Morgan fingerprint density at radius 2 is 1.86 bits per heavy atom. The second kappa shape index (κ2) is 11.5. The Kier molecular flexibility index (Phi) is 9.39. The van der Waals surface area contributed by atoms with Gasteiger partial charge in [0.25, 0.3) is 0 Å². The lowest BCUT2D eigenvalue weighted by atomic mass is 10.1. The van der Waals surface area contributed by atoms with Crippen LogP contribution >= 0.6 is 0 Å². The standard InChI is InChI=1S/C21H34N2O5S/c1-4-5-6-7-8-9-21(24)22-19-16-18(10-11-20(19)28-17(2)3)29(25,26)23-12-14-27-15-13-23/h10-11,16-17H,4-9,12-15H2,1-3H3,(H,22,24). The number of unbranched alkanes of at least 4 members (excludes halogenated alkanes) is 4. The van der Waals surface area contributed by atoms with Crippen molar-refractivity contribution in [3.63, 3.8) is 0 Å². The van der Waals surface area contributed by atoms with Crippen LogP contribution in [0.5, 0.6) is 5.75 Å². The summed E-state index contributed by atoms with van der Waals surface area (Å²) in [5.74, 6) is 0.344. The molecule has 0 bridgehead atoms. The Morgan fingerprint density at radius 1 is 1.17 bits per heavy atom. The maximum absolute atomic E-state index is 12.9. The average molecular weight is 427 g/mol. The van der Waals surface area contributed by atoms with Crippen molar-refractivity contribution in [3.8, 4) is 5.75 Å². The minimum Gasteiger partial charge on any atom is -0.489 e. The van der Waals surface area contributed by atoms with Crippen molar-refractivity contribution in [2.45, 2.75) is 70.3 Å². The molecule has 1 N–H and O–H groups in total. The third kappa shape index (κ3) is 7.28. The van der Waals surface area contributed by atoms with Gasteiger partial charge in [0.2, 0.25) is 15.9 Å². The van der Waals surface area contributed by atoms with Crippen molar-refractivity contribution in [1.29, 1.82) is 0 Å². The largest absolute Gasteiger partial charge is 0.489 e. The van der Waals surface area contributed by atoms with Gasteiger partial charge in [0.05, 0.1) is 29.9 Å². The molecule has 1 aromatic rings. The van der Waals surface area contributed by atoms with E-state index in [2.05, 4.69) is 12.2 Å². The molecule has 7 nitrogen and oxygen atoms in total. The second-order valence-electron chi connectivity index (χ2n) is 7.55. The van der Waals surface area contributed by atoms with E-state index in [1.54, 1.807) is 6.07 Å². The molecule has 2 rings (SSSR count). The number of amides is 1. The molecule has 1 aliphatic heterocycles. The number of sulfonamides is 1. The molecular formula is C21H34N2O5S. The summed E-state index contributed by atoms with van der Waals surface area (Å²) in [5, 5.41) is 2.85. The summed E-state index contributed by atoms with van der Waals surface area (Å²) in [7, 11) is -3.65. The van der Waals surface area contributed by atoms with Gasteiger partial charge in [0.1, 0.15) is 5.75 Å². The highest BCUT2D eigenvalue weighted by molar-refractivity contribution is 7.89. The van der Waals surface area contributed by atoms with Crippen LogP contribution in [0.25, 0.3) is 0 Å². The van der Waals surface area contributed by atoms with Gasteiger partial charge >= 0.3 is 0 Å². The first kappa shape index (κ1) is 23.6. The molecule has 0 aromatic heterocycles. The molecule has 0 aliphatic carbocycles. The maximum atomic E-state index is 12.9. The van der Waals surface area contributed by atoms with Gasteiger partial charge in [-0.25, -0.2) is 8.42 Å². The molecule has 1 fully saturated rings. The van der Waals surface area contributed by atoms with Gasteiger partial charge < -0.3 is 14.8 Å². The molecule has 1 aliphatic rings. The molecule has 0 spiro atoms. The molecule has 8 heteroatoms. The van der Waals surface area contributed by atoms with E-state index in [1.807, 2.05) is 13.8 Å². The van der Waals surface area contributed by atoms with Crippen LogP contribution in [0, 0.1) is 0 Å². The normalized spacial score (nSPS) is 15.4. The van der Waals surface area contributed by atoms with Gasteiger partial charge in [-0.15, -0.1) is 0 Å². The minimum atomic E-state index is -3.65. The van der Waals surface area contributed by atoms with E-state index >= 15 is 0 Å². The number of benzene rings is 1. The van der Waals surface area contributed by atoms with Crippen molar-refractivity contribution in [2.75, 3.05) is 31.6 Å². The van der Waals surface area contributed by atoms with E-state index in [-0.39, 0.29) is 16.9 Å². The first-order chi connectivity index (χ1) is 13.8. The molecule has 29 heavy (non-hydrogen) atoms. The average Bonchev–Trinajstić information content (AvgIpc) is 2.69. The quantitative estimate of drug-likeness (QED) is 0.544. The smallest absolute Gasteiger partial charge is 0.243 e. The summed E-state index contributed by atoms with van der Waals surface area (Å²) in [6.45, 7) is 7.35. The third-order valence-electron chi connectivity index (χ3n) is 4.70. The fourth-order valence-corrected chi connectivity index (χ4v) is 4.60. The minimum absolute atomic E-state index is 0.0959. The molecule has 1 saturated heterocycles. The van der Waals surface area contributed by atoms with E-state index in [9.17, 15) is 13.2 Å². The zero-order valence-corrected chi connectivity index (χ0v) is 18.6. The Labute approximate surface area is 174 Å². The Balaban J connectivity index is 2.14. The van der Waals surface area contributed by atoms with Crippen LogP contribution in [0.15, 0.2) is 23.1 Å². The lowest BCUT2D eigenvalue weighted by molar-refractivity contribution is -0.116. The van der Waals surface area contributed by atoms with Gasteiger partial charge in [0, 0.05) is 19.5 Å². The first-order valence-electron chi connectivity index (χ1n) is 10.5. The van der Waals surface area contributed by atoms with Gasteiger partial charge in [0.15, 0.2) is 0 Å². The van der Waals surface area contributed by atoms with E-state index < -0.39 is 10.0 Å². The molecular weight excluding hydrogens is 392 g/mol. The van der Waals surface area contributed by atoms with Crippen molar-refractivity contribution in [2.24, 2.45) is 0 Å². The zero-order valence-electron chi connectivity index (χ0n) is 17.8. The summed E-state index contributed by atoms with van der Waals surface area (Å²) >= 11 is 0. The Morgan fingerprint density at radius 3 is 2.52 bits per heavy atom. The predicted molar refractivity (Wildman–Crippen MR) is 114 cm³/mol. The topological polar surface area (TPSA) is 84.9 Å². The molecule has 0 unspecified atom stereocenters. The number of nitrogens with one attached hydrogen (secondary N) is 1. The van der Waals surface area contributed by atoms with Crippen molar-refractivity contribution >= 4 is 21.6 Å². The molecule has 0 radical (unpaired) electrons. The summed E-state index contributed by atoms with van der Waals surface area (Å²) < 4.78 is 38.3. The van der Waals surface area contributed by atoms with E-state index in [1.165, 1.54) is 22.9 Å². The van der Waals surface area contributed by atoms with Crippen LogP contribution < -0.4 is 10.1 Å². The summed E-state index contributed by atoms with van der Waals surface area (Å²) in [6, 6.07) is 4.64. The summed E-state index contributed by atoms with van der Waals surface area (Å²) in [6.07, 6.45) is 5.60. The third-order valence-corrected chi connectivity index (χ3v) is 6.60. The maximum Gasteiger partial charge on any atom is 0.243 e. The summed E-state index contributed by atoms with van der Waals surface area (Å²) in [5.41, 5.74) is 0.395. The van der Waals surface area contributed by atoms with Crippen molar-refractivity contribution in [1.82, 2.24) is 4.31 Å². The van der Waals surface area contributed by atoms with Crippen LogP contribution in [0.2, 0.25) is 0 Å². The van der Waals surface area contributed by atoms with Crippen LogP contribution in [0.3, 0.4) is 0 Å². The van der Waals surface area contributed by atoms with Crippen molar-refractivity contribution in [3.05, 3.63) is 18.2 Å². The number of hydrogen-bond donors (Lipinski definition) is 1. The van der Waals surface area contributed by atoms with E-state index in [0.29, 0.717) is 44.2 Å². The number of ether oxygens (including phenoxy) is 2.